The number of carbonyl (C=O) groups excluding carboxylic acids is 1. The van der Waals surface area contributed by atoms with E-state index in [4.69, 9.17) is 0 Å². The van der Waals surface area contributed by atoms with E-state index >= 15 is 0 Å². The van der Waals surface area contributed by atoms with Crippen LogP contribution in [-0.4, -0.2) is 45.4 Å². The Morgan fingerprint density at radius 1 is 1.19 bits per heavy atom. The molecule has 1 aromatic rings. The van der Waals surface area contributed by atoms with Crippen LogP contribution in [0, 0.1) is 5.92 Å². The van der Waals surface area contributed by atoms with Crippen molar-refractivity contribution in [1.82, 2.24) is 10.6 Å². The van der Waals surface area contributed by atoms with E-state index in [1.807, 2.05) is 0 Å². The highest BCUT2D eigenvalue weighted by atomic mass is 127. The summed E-state index contributed by atoms with van der Waals surface area (Å²) >= 11 is 0. The summed E-state index contributed by atoms with van der Waals surface area (Å²) < 4.78 is 45.4. The maximum Gasteiger partial charge on any atom is 0.411 e. The van der Waals surface area contributed by atoms with Gasteiger partial charge >= 0.3 is 12.1 Å². The van der Waals surface area contributed by atoms with Gasteiger partial charge in [0, 0.05) is 20.1 Å². The van der Waals surface area contributed by atoms with Gasteiger partial charge in [0.15, 0.2) is 5.96 Å². The van der Waals surface area contributed by atoms with Gasteiger partial charge in [-0.25, -0.2) is 0 Å². The molecule has 0 saturated heterocycles. The first-order valence-electron chi connectivity index (χ1n) is 8.00. The van der Waals surface area contributed by atoms with Crippen LogP contribution in [0.25, 0.3) is 0 Å². The Morgan fingerprint density at radius 3 is 2.30 bits per heavy atom. The fourth-order valence-electron chi connectivity index (χ4n) is 1.98. The van der Waals surface area contributed by atoms with Crippen molar-refractivity contribution in [1.29, 1.82) is 0 Å². The molecule has 0 saturated carbocycles. The molecule has 0 fully saturated rings. The van der Waals surface area contributed by atoms with Crippen molar-refractivity contribution >= 4 is 35.9 Å². The van der Waals surface area contributed by atoms with Gasteiger partial charge in [-0.1, -0.05) is 31.2 Å². The number of guanidine groups is 1. The van der Waals surface area contributed by atoms with Gasteiger partial charge in [-0.15, -0.1) is 24.0 Å². The van der Waals surface area contributed by atoms with Gasteiger partial charge in [0.1, 0.15) is 6.61 Å². The average molecular weight is 503 g/mol. The fraction of sp³-hybridized carbons (Fsp3) is 0.529. The molecular weight excluding hydrogens is 478 g/mol. The van der Waals surface area contributed by atoms with Gasteiger partial charge in [0.2, 0.25) is 0 Å². The second-order valence-electron chi connectivity index (χ2n) is 5.66. The Labute approximate surface area is 173 Å². The molecule has 1 aromatic carbocycles. The summed E-state index contributed by atoms with van der Waals surface area (Å²) in [6, 6.07) is 7.01. The van der Waals surface area contributed by atoms with Crippen LogP contribution >= 0.6 is 24.0 Å². The lowest BCUT2D eigenvalue weighted by molar-refractivity contribution is -0.176. The summed E-state index contributed by atoms with van der Waals surface area (Å²) in [6.45, 7) is 1.23. The number of benzene rings is 1. The maximum atomic E-state index is 12.0. The molecule has 0 heterocycles. The molecule has 0 radical (unpaired) electrons. The molecular formula is C17H25F3IN3O3. The lowest BCUT2D eigenvalue weighted by atomic mass is 10.1. The Hall–Kier alpha value is -1.56. The largest absolute Gasteiger partial charge is 0.469 e. The smallest absolute Gasteiger partial charge is 0.411 e. The normalized spacial score (nSPS) is 12.7. The Bertz CT molecular complexity index is 595. The van der Waals surface area contributed by atoms with Crippen molar-refractivity contribution in [2.45, 2.75) is 26.3 Å². The summed E-state index contributed by atoms with van der Waals surface area (Å²) in [6.07, 6.45) is -4.32. The Kier molecular flexibility index (Phi) is 12.0. The molecule has 0 aliphatic heterocycles. The zero-order chi connectivity index (χ0) is 19.6. The van der Waals surface area contributed by atoms with Crippen LogP contribution in [0.5, 0.6) is 0 Å². The molecule has 1 rings (SSSR count). The van der Waals surface area contributed by atoms with Gasteiger partial charge in [-0.05, 0) is 11.1 Å². The van der Waals surface area contributed by atoms with Crippen LogP contribution in [0.1, 0.15) is 18.1 Å². The van der Waals surface area contributed by atoms with Gasteiger partial charge in [0.25, 0.3) is 0 Å². The number of esters is 1. The molecule has 0 aromatic heterocycles. The number of aliphatic imine (C=N–C) groups is 1. The van der Waals surface area contributed by atoms with Crippen molar-refractivity contribution in [3.05, 3.63) is 35.4 Å². The fourth-order valence-corrected chi connectivity index (χ4v) is 1.98. The highest BCUT2D eigenvalue weighted by Crippen LogP contribution is 2.15. The maximum absolute atomic E-state index is 12.0. The zero-order valence-electron chi connectivity index (χ0n) is 15.4. The third-order valence-electron chi connectivity index (χ3n) is 3.42. The first-order chi connectivity index (χ1) is 12.2. The molecule has 1 unspecified atom stereocenters. The molecule has 10 heteroatoms. The lowest BCUT2D eigenvalue weighted by Crippen LogP contribution is -2.40. The van der Waals surface area contributed by atoms with Gasteiger partial charge in [-0.2, -0.15) is 13.2 Å². The first kappa shape index (κ1) is 25.4. The second kappa shape index (κ2) is 12.8. The summed E-state index contributed by atoms with van der Waals surface area (Å²) in [7, 11) is 2.95. The van der Waals surface area contributed by atoms with E-state index in [0.717, 1.165) is 5.56 Å². The van der Waals surface area contributed by atoms with Crippen molar-refractivity contribution in [3.63, 3.8) is 0 Å². The van der Waals surface area contributed by atoms with Crippen molar-refractivity contribution in [3.8, 4) is 0 Å². The molecule has 27 heavy (non-hydrogen) atoms. The number of methoxy groups -OCH3 is 1. The van der Waals surface area contributed by atoms with E-state index in [9.17, 15) is 18.0 Å². The highest BCUT2D eigenvalue weighted by Gasteiger charge is 2.27. The van der Waals surface area contributed by atoms with Crippen LogP contribution in [0.3, 0.4) is 0 Å². The van der Waals surface area contributed by atoms with Crippen LogP contribution in [0.15, 0.2) is 29.3 Å². The molecule has 0 bridgehead atoms. The summed E-state index contributed by atoms with van der Waals surface area (Å²) in [5, 5.41) is 6.11. The van der Waals surface area contributed by atoms with Crippen LogP contribution in [-0.2, 0) is 27.4 Å². The average Bonchev–Trinajstić information content (AvgIpc) is 2.61. The monoisotopic (exact) mass is 503 g/mol. The molecule has 154 valence electrons. The van der Waals surface area contributed by atoms with Crippen LogP contribution < -0.4 is 10.6 Å². The molecule has 6 nitrogen and oxygen atoms in total. The van der Waals surface area contributed by atoms with Crippen molar-refractivity contribution in [2.24, 2.45) is 10.9 Å². The Balaban J connectivity index is 0.00000676. The quantitative estimate of drug-likeness (QED) is 0.247. The number of halogens is 4. The molecule has 0 aliphatic carbocycles. The zero-order valence-corrected chi connectivity index (χ0v) is 17.8. The molecule has 0 amide bonds. The minimum atomic E-state index is -4.32. The van der Waals surface area contributed by atoms with Gasteiger partial charge in [0.05, 0.1) is 19.6 Å². The number of nitrogens with one attached hydrogen (secondary N) is 2. The number of hydrogen-bond acceptors (Lipinski definition) is 4. The van der Waals surface area contributed by atoms with E-state index < -0.39 is 12.8 Å². The number of rotatable bonds is 8. The Morgan fingerprint density at radius 2 is 1.78 bits per heavy atom. The number of alkyl halides is 3. The SMILES string of the molecule is CN=C(NCc1ccc(COCC(F)(F)F)cc1)NCC(C)C(=O)OC.I. The van der Waals surface area contributed by atoms with E-state index in [1.165, 1.54) is 7.11 Å². The van der Waals surface area contributed by atoms with E-state index in [1.54, 1.807) is 38.2 Å². The predicted octanol–water partition coefficient (Wildman–Crippen LogP) is 2.86. The molecule has 0 spiro atoms. The standard InChI is InChI=1S/C17H24F3N3O3.HI/c1-12(15(24)25-3)8-22-16(21-2)23-9-13-4-6-14(7-5-13)10-26-11-17(18,19)20;/h4-7,12H,8-11H2,1-3H3,(H2,21,22,23);1H. The number of ether oxygens (including phenoxy) is 2. The number of hydrogen-bond donors (Lipinski definition) is 2. The van der Waals surface area contributed by atoms with Crippen molar-refractivity contribution in [2.75, 3.05) is 27.3 Å². The third-order valence-corrected chi connectivity index (χ3v) is 3.42. The summed E-state index contributed by atoms with van der Waals surface area (Å²) in [5.41, 5.74) is 1.58. The van der Waals surface area contributed by atoms with E-state index in [2.05, 4.69) is 25.1 Å². The first-order valence-corrected chi connectivity index (χ1v) is 8.00. The minimum Gasteiger partial charge on any atom is -0.469 e. The van der Waals surface area contributed by atoms with E-state index in [0.29, 0.717) is 24.6 Å². The van der Waals surface area contributed by atoms with Crippen LogP contribution in [0.4, 0.5) is 13.2 Å². The minimum absolute atomic E-state index is 0. The second-order valence-corrected chi connectivity index (χ2v) is 5.66. The van der Waals surface area contributed by atoms with E-state index in [-0.39, 0.29) is 42.5 Å². The van der Waals surface area contributed by atoms with Crippen molar-refractivity contribution < 1.29 is 27.4 Å². The highest BCUT2D eigenvalue weighted by molar-refractivity contribution is 14.0. The lowest BCUT2D eigenvalue weighted by Gasteiger charge is -2.15. The van der Waals surface area contributed by atoms with Gasteiger partial charge in [-0.3, -0.25) is 9.79 Å². The summed E-state index contributed by atoms with van der Waals surface area (Å²) in [4.78, 5) is 15.4. The molecule has 2 N–H and O–H groups in total. The third kappa shape index (κ3) is 11.0. The molecule has 1 atom stereocenters. The number of carbonyl (C=O) groups is 1. The summed E-state index contributed by atoms with van der Waals surface area (Å²) in [5.74, 6) is -0.0934. The predicted molar refractivity (Wildman–Crippen MR) is 107 cm³/mol. The molecule has 0 aliphatic rings. The van der Waals surface area contributed by atoms with Crippen LogP contribution in [0.2, 0.25) is 0 Å². The van der Waals surface area contributed by atoms with Gasteiger partial charge < -0.3 is 20.1 Å². The topological polar surface area (TPSA) is 72.0 Å². The number of nitrogens with zero attached hydrogens (tertiary/aromatic N) is 1.